The predicted molar refractivity (Wildman–Crippen MR) is 129 cm³/mol. The lowest BCUT2D eigenvalue weighted by Gasteiger charge is -2.39. The first-order valence-electron chi connectivity index (χ1n) is 11.6. The highest BCUT2D eigenvalue weighted by Gasteiger charge is 2.44. The van der Waals surface area contributed by atoms with E-state index in [-0.39, 0.29) is 11.8 Å². The zero-order valence-electron chi connectivity index (χ0n) is 19.3. The van der Waals surface area contributed by atoms with Crippen LogP contribution in [0.5, 0.6) is 0 Å². The first kappa shape index (κ1) is 22.1. The van der Waals surface area contributed by atoms with Crippen LogP contribution in [0.15, 0.2) is 54.7 Å². The largest absolute Gasteiger partial charge is 0.361 e. The van der Waals surface area contributed by atoms with Gasteiger partial charge in [0.2, 0.25) is 5.91 Å². The molecule has 1 atom stereocenters. The summed E-state index contributed by atoms with van der Waals surface area (Å²) >= 11 is 0. The van der Waals surface area contributed by atoms with Crippen molar-refractivity contribution in [3.8, 4) is 0 Å². The van der Waals surface area contributed by atoms with Crippen LogP contribution >= 0.6 is 0 Å². The normalized spacial score (nSPS) is 18.6. The number of aromatic nitrogens is 1. The summed E-state index contributed by atoms with van der Waals surface area (Å²) in [4.78, 5) is 32.2. The third kappa shape index (κ3) is 4.29. The molecule has 1 unspecified atom stereocenters. The minimum absolute atomic E-state index is 0.0561. The van der Waals surface area contributed by atoms with E-state index in [4.69, 9.17) is 0 Å². The van der Waals surface area contributed by atoms with Crippen LogP contribution in [0, 0.1) is 5.92 Å². The van der Waals surface area contributed by atoms with Crippen LogP contribution in [-0.2, 0) is 17.6 Å². The molecule has 0 radical (unpaired) electrons. The number of rotatable bonds is 7. The Morgan fingerprint density at radius 2 is 1.91 bits per heavy atom. The van der Waals surface area contributed by atoms with Gasteiger partial charge in [-0.3, -0.25) is 9.59 Å². The molecule has 5 heteroatoms. The Morgan fingerprint density at radius 3 is 2.72 bits per heavy atom. The summed E-state index contributed by atoms with van der Waals surface area (Å²) in [6.45, 7) is 7.34. The molecule has 1 aliphatic rings. The fourth-order valence-electron chi connectivity index (χ4n) is 4.65. The molecule has 0 fully saturated rings. The monoisotopic (exact) mass is 431 g/mol. The lowest BCUT2D eigenvalue weighted by molar-refractivity contribution is -0.131. The molecule has 2 N–H and O–H groups in total. The molecule has 0 bridgehead atoms. The molecule has 32 heavy (non-hydrogen) atoms. The molecule has 1 aromatic heterocycles. The Morgan fingerprint density at radius 1 is 1.16 bits per heavy atom. The Labute approximate surface area is 190 Å². The van der Waals surface area contributed by atoms with E-state index in [0.29, 0.717) is 43.8 Å². The van der Waals surface area contributed by atoms with Gasteiger partial charge >= 0.3 is 0 Å². The van der Waals surface area contributed by atoms with Crippen molar-refractivity contribution in [2.24, 2.45) is 5.92 Å². The second-order valence-corrected chi connectivity index (χ2v) is 9.44. The van der Waals surface area contributed by atoms with Crippen molar-refractivity contribution in [3.05, 3.63) is 71.4 Å². The summed E-state index contributed by atoms with van der Waals surface area (Å²) in [7, 11) is 0. The van der Waals surface area contributed by atoms with E-state index >= 15 is 0 Å². The van der Waals surface area contributed by atoms with Crippen molar-refractivity contribution in [1.82, 2.24) is 15.2 Å². The molecule has 5 nitrogen and oxygen atoms in total. The fraction of sp³-hybridized carbons (Fsp3) is 0.407. The summed E-state index contributed by atoms with van der Waals surface area (Å²) in [5.41, 5.74) is 3.09. The van der Waals surface area contributed by atoms with E-state index in [9.17, 15) is 9.59 Å². The summed E-state index contributed by atoms with van der Waals surface area (Å²) in [6.07, 6.45) is 4.94. The van der Waals surface area contributed by atoms with Crippen LogP contribution in [0.2, 0.25) is 0 Å². The highest BCUT2D eigenvalue weighted by Crippen LogP contribution is 2.31. The number of benzene rings is 2. The highest BCUT2D eigenvalue weighted by atomic mass is 16.2. The standard InChI is InChI=1S/C27H33N3O2/c1-19(2)13-16-28-26(32)27(3)15-12-20-8-4-5-10-23(20)25(31)30(27)17-14-21-18-29-24-11-7-6-9-22(21)24/h4-11,18-19,29H,12-17H2,1-3H3,(H,28,32). The molecule has 168 valence electrons. The van der Waals surface area contributed by atoms with Crippen LogP contribution in [-0.4, -0.2) is 40.3 Å². The van der Waals surface area contributed by atoms with E-state index in [1.54, 1.807) is 0 Å². The molecule has 0 saturated carbocycles. The first-order chi connectivity index (χ1) is 15.4. The molecule has 4 rings (SSSR count). The number of hydrogen-bond acceptors (Lipinski definition) is 2. The molecule has 2 heterocycles. The minimum Gasteiger partial charge on any atom is -0.361 e. The van der Waals surface area contributed by atoms with Gasteiger partial charge in [-0.05, 0) is 61.8 Å². The average Bonchev–Trinajstić information content (AvgIpc) is 3.16. The van der Waals surface area contributed by atoms with Gasteiger partial charge in [-0.2, -0.15) is 0 Å². The summed E-state index contributed by atoms with van der Waals surface area (Å²) in [5, 5.41) is 4.28. The topological polar surface area (TPSA) is 65.2 Å². The molecule has 0 spiro atoms. The molecule has 1 aliphatic heterocycles. The maximum absolute atomic E-state index is 13.7. The van der Waals surface area contributed by atoms with E-state index in [0.717, 1.165) is 23.1 Å². The van der Waals surface area contributed by atoms with Crippen molar-refractivity contribution in [1.29, 1.82) is 0 Å². The Bertz CT molecular complexity index is 1120. The van der Waals surface area contributed by atoms with Gasteiger partial charge in [-0.15, -0.1) is 0 Å². The summed E-state index contributed by atoms with van der Waals surface area (Å²) in [5.74, 6) is 0.402. The maximum atomic E-state index is 13.7. The van der Waals surface area contributed by atoms with Gasteiger partial charge in [0.25, 0.3) is 5.91 Å². The molecule has 0 aliphatic carbocycles. The molecule has 2 amide bonds. The number of para-hydroxylation sites is 1. The van der Waals surface area contributed by atoms with Gasteiger partial charge in [-0.1, -0.05) is 50.2 Å². The second kappa shape index (κ2) is 9.19. The summed E-state index contributed by atoms with van der Waals surface area (Å²) < 4.78 is 0. The SMILES string of the molecule is CC(C)CCNC(=O)C1(C)CCc2ccccc2C(=O)N1CCc1c[nH]c2ccccc12. The van der Waals surface area contributed by atoms with E-state index in [1.807, 2.05) is 54.4 Å². The average molecular weight is 432 g/mol. The zero-order chi connectivity index (χ0) is 22.7. The highest BCUT2D eigenvalue weighted by molar-refractivity contribution is 6.01. The number of aromatic amines is 1. The number of nitrogens with zero attached hydrogens (tertiary/aromatic N) is 1. The van der Waals surface area contributed by atoms with Crippen molar-refractivity contribution >= 4 is 22.7 Å². The minimum atomic E-state index is -0.890. The van der Waals surface area contributed by atoms with Crippen molar-refractivity contribution < 1.29 is 9.59 Å². The number of carbonyl (C=O) groups is 2. The van der Waals surface area contributed by atoms with Crippen molar-refractivity contribution in [2.45, 2.75) is 52.0 Å². The van der Waals surface area contributed by atoms with Crippen LogP contribution < -0.4 is 5.32 Å². The maximum Gasteiger partial charge on any atom is 0.255 e. The molecular formula is C27H33N3O2. The zero-order valence-corrected chi connectivity index (χ0v) is 19.3. The second-order valence-electron chi connectivity index (χ2n) is 9.44. The Hall–Kier alpha value is -3.08. The van der Waals surface area contributed by atoms with Gasteiger partial charge in [-0.25, -0.2) is 0 Å². The van der Waals surface area contributed by atoms with Crippen LogP contribution in [0.1, 0.15) is 55.1 Å². The number of hydrogen-bond donors (Lipinski definition) is 2. The number of amides is 2. The number of nitrogens with one attached hydrogen (secondary N) is 2. The van der Waals surface area contributed by atoms with E-state index in [2.05, 4.69) is 36.3 Å². The van der Waals surface area contributed by atoms with Crippen molar-refractivity contribution in [3.63, 3.8) is 0 Å². The van der Waals surface area contributed by atoms with Gasteiger partial charge in [0.15, 0.2) is 0 Å². The van der Waals surface area contributed by atoms with Gasteiger partial charge in [0.05, 0.1) is 0 Å². The predicted octanol–water partition coefficient (Wildman–Crippen LogP) is 4.72. The fourth-order valence-corrected chi connectivity index (χ4v) is 4.65. The number of aryl methyl sites for hydroxylation is 1. The van der Waals surface area contributed by atoms with Gasteiger partial charge in [0.1, 0.15) is 5.54 Å². The first-order valence-corrected chi connectivity index (χ1v) is 11.6. The Kier molecular flexibility index (Phi) is 6.35. The number of fused-ring (bicyclic) bond motifs is 2. The van der Waals surface area contributed by atoms with Gasteiger partial charge in [0, 0.05) is 35.8 Å². The van der Waals surface area contributed by atoms with Crippen LogP contribution in [0.4, 0.5) is 0 Å². The number of carbonyl (C=O) groups excluding carboxylic acids is 2. The molecule has 2 aromatic carbocycles. The third-order valence-electron chi connectivity index (χ3n) is 6.75. The van der Waals surface area contributed by atoms with E-state index < -0.39 is 5.54 Å². The summed E-state index contributed by atoms with van der Waals surface area (Å²) in [6, 6.07) is 16.0. The van der Waals surface area contributed by atoms with Crippen molar-refractivity contribution in [2.75, 3.05) is 13.1 Å². The molecular weight excluding hydrogens is 398 g/mol. The third-order valence-corrected chi connectivity index (χ3v) is 6.75. The van der Waals surface area contributed by atoms with Crippen LogP contribution in [0.25, 0.3) is 10.9 Å². The van der Waals surface area contributed by atoms with E-state index in [1.165, 1.54) is 5.39 Å². The van der Waals surface area contributed by atoms with Crippen LogP contribution in [0.3, 0.4) is 0 Å². The lowest BCUT2D eigenvalue weighted by Crippen LogP contribution is -2.59. The number of H-pyrrole nitrogens is 1. The Balaban J connectivity index is 1.63. The quantitative estimate of drug-likeness (QED) is 0.568. The lowest BCUT2D eigenvalue weighted by atomic mass is 9.91. The van der Waals surface area contributed by atoms with Gasteiger partial charge < -0.3 is 15.2 Å². The molecule has 3 aromatic rings. The molecule has 0 saturated heterocycles. The smallest absolute Gasteiger partial charge is 0.255 e.